The van der Waals surface area contributed by atoms with Crippen LogP contribution in [0.1, 0.15) is 25.2 Å². The van der Waals surface area contributed by atoms with E-state index in [4.69, 9.17) is 0 Å². The normalized spacial score (nSPS) is 9.79. The first-order chi connectivity index (χ1) is 6.68. The molecule has 0 N–H and O–H groups in total. The van der Waals surface area contributed by atoms with Crippen molar-refractivity contribution in [2.45, 2.75) is 27.7 Å². The molecule has 2 rings (SSSR count). The zero-order valence-corrected chi connectivity index (χ0v) is 9.63. The SMILES string of the molecule is CC.Cc1ccc2c(c1)nc(C)n2C. The van der Waals surface area contributed by atoms with Crippen LogP contribution < -0.4 is 0 Å². The highest BCUT2D eigenvalue weighted by Crippen LogP contribution is 2.15. The molecule has 0 saturated carbocycles. The van der Waals surface area contributed by atoms with Crippen molar-refractivity contribution < 1.29 is 0 Å². The van der Waals surface area contributed by atoms with Gasteiger partial charge in [-0.15, -0.1) is 0 Å². The Labute approximate surface area is 85.6 Å². The summed E-state index contributed by atoms with van der Waals surface area (Å²) in [6.07, 6.45) is 0. The molecule has 14 heavy (non-hydrogen) atoms. The Kier molecular flexibility index (Phi) is 3.28. The largest absolute Gasteiger partial charge is 0.331 e. The van der Waals surface area contributed by atoms with E-state index in [1.165, 1.54) is 11.1 Å². The summed E-state index contributed by atoms with van der Waals surface area (Å²) >= 11 is 0. The maximum atomic E-state index is 4.44. The molecule has 0 radical (unpaired) electrons. The van der Waals surface area contributed by atoms with E-state index in [9.17, 15) is 0 Å². The molecule has 1 heterocycles. The Morgan fingerprint density at radius 1 is 1.14 bits per heavy atom. The van der Waals surface area contributed by atoms with E-state index in [1.54, 1.807) is 0 Å². The van der Waals surface area contributed by atoms with Gasteiger partial charge < -0.3 is 4.57 Å². The van der Waals surface area contributed by atoms with Crippen molar-refractivity contribution in [3.63, 3.8) is 0 Å². The lowest BCUT2D eigenvalue weighted by Gasteiger charge is -1.95. The molecule has 0 spiro atoms. The van der Waals surface area contributed by atoms with E-state index in [-0.39, 0.29) is 0 Å². The van der Waals surface area contributed by atoms with Crippen LogP contribution in [0.15, 0.2) is 18.2 Å². The number of hydrogen-bond acceptors (Lipinski definition) is 1. The molecule has 76 valence electrons. The van der Waals surface area contributed by atoms with E-state index < -0.39 is 0 Å². The van der Waals surface area contributed by atoms with Crippen molar-refractivity contribution in [3.8, 4) is 0 Å². The first-order valence-electron chi connectivity index (χ1n) is 5.08. The maximum absolute atomic E-state index is 4.44. The van der Waals surface area contributed by atoms with E-state index >= 15 is 0 Å². The third kappa shape index (κ3) is 1.79. The Hall–Kier alpha value is -1.31. The Bertz CT molecular complexity index is 427. The van der Waals surface area contributed by atoms with Gasteiger partial charge in [-0.1, -0.05) is 19.9 Å². The van der Waals surface area contributed by atoms with Gasteiger partial charge in [-0.2, -0.15) is 0 Å². The van der Waals surface area contributed by atoms with Crippen molar-refractivity contribution >= 4 is 11.0 Å². The topological polar surface area (TPSA) is 17.8 Å². The number of nitrogens with zero attached hydrogens (tertiary/aromatic N) is 2. The fraction of sp³-hybridized carbons (Fsp3) is 0.417. The number of rotatable bonds is 0. The van der Waals surface area contributed by atoms with Gasteiger partial charge in [0, 0.05) is 7.05 Å². The molecule has 0 aliphatic rings. The van der Waals surface area contributed by atoms with Gasteiger partial charge in [-0.05, 0) is 31.5 Å². The first-order valence-corrected chi connectivity index (χ1v) is 5.08. The number of fused-ring (bicyclic) bond motifs is 1. The molecule has 0 atom stereocenters. The number of benzene rings is 1. The van der Waals surface area contributed by atoms with Crippen molar-refractivity contribution in [1.82, 2.24) is 9.55 Å². The van der Waals surface area contributed by atoms with Crippen molar-refractivity contribution in [3.05, 3.63) is 29.6 Å². The van der Waals surface area contributed by atoms with Crippen LogP contribution in [-0.2, 0) is 7.05 Å². The number of imidazole rings is 1. The fourth-order valence-electron chi connectivity index (χ4n) is 1.43. The van der Waals surface area contributed by atoms with Gasteiger partial charge in [0.2, 0.25) is 0 Å². The molecule has 2 heteroatoms. The second-order valence-electron chi connectivity index (χ2n) is 3.21. The fourth-order valence-corrected chi connectivity index (χ4v) is 1.43. The average molecular weight is 190 g/mol. The molecule has 0 unspecified atom stereocenters. The maximum Gasteiger partial charge on any atom is 0.106 e. The minimum absolute atomic E-state index is 1.07. The van der Waals surface area contributed by atoms with Crippen LogP contribution in [0.2, 0.25) is 0 Å². The molecule has 0 fully saturated rings. The summed E-state index contributed by atoms with van der Waals surface area (Å²) in [6.45, 7) is 8.11. The Morgan fingerprint density at radius 3 is 2.43 bits per heavy atom. The quantitative estimate of drug-likeness (QED) is 0.623. The minimum atomic E-state index is 1.07. The van der Waals surface area contributed by atoms with Gasteiger partial charge in [0.05, 0.1) is 11.0 Å². The highest BCUT2D eigenvalue weighted by molar-refractivity contribution is 5.76. The predicted molar refractivity (Wildman–Crippen MR) is 61.5 cm³/mol. The molecular formula is C12H18N2. The van der Waals surface area contributed by atoms with Crippen LogP contribution in [-0.4, -0.2) is 9.55 Å². The van der Waals surface area contributed by atoms with Crippen LogP contribution in [0.25, 0.3) is 11.0 Å². The summed E-state index contributed by atoms with van der Waals surface area (Å²) in [6, 6.07) is 6.34. The monoisotopic (exact) mass is 190 g/mol. The van der Waals surface area contributed by atoms with Crippen LogP contribution in [0.4, 0.5) is 0 Å². The predicted octanol–water partition coefficient (Wildman–Crippen LogP) is 3.22. The summed E-state index contributed by atoms with van der Waals surface area (Å²) in [5, 5.41) is 0. The zero-order valence-electron chi connectivity index (χ0n) is 9.63. The lowest BCUT2D eigenvalue weighted by molar-refractivity contribution is 0.886. The smallest absolute Gasteiger partial charge is 0.106 e. The molecule has 1 aromatic carbocycles. The Morgan fingerprint density at radius 2 is 1.79 bits per heavy atom. The first kappa shape index (κ1) is 10.8. The van der Waals surface area contributed by atoms with Crippen LogP contribution >= 0.6 is 0 Å². The van der Waals surface area contributed by atoms with Gasteiger partial charge >= 0.3 is 0 Å². The van der Waals surface area contributed by atoms with Crippen molar-refractivity contribution in [2.75, 3.05) is 0 Å². The summed E-state index contributed by atoms with van der Waals surface area (Å²) in [5.41, 5.74) is 3.56. The number of aromatic nitrogens is 2. The molecule has 1 aromatic heterocycles. The molecule has 0 saturated heterocycles. The average Bonchev–Trinajstić information content (AvgIpc) is 2.45. The van der Waals surface area contributed by atoms with E-state index in [0.29, 0.717) is 0 Å². The highest BCUT2D eigenvalue weighted by Gasteiger charge is 2.02. The third-order valence-corrected chi connectivity index (χ3v) is 2.26. The van der Waals surface area contributed by atoms with Gasteiger partial charge in [0.25, 0.3) is 0 Å². The second kappa shape index (κ2) is 4.27. The highest BCUT2D eigenvalue weighted by atomic mass is 15.0. The summed E-state index contributed by atoms with van der Waals surface area (Å²) in [5.74, 6) is 1.07. The van der Waals surface area contributed by atoms with Crippen LogP contribution in [0, 0.1) is 13.8 Å². The molecule has 0 aliphatic carbocycles. The Balaban J connectivity index is 0.000000461. The minimum Gasteiger partial charge on any atom is -0.331 e. The molecule has 2 nitrogen and oxygen atoms in total. The molecule has 0 bridgehead atoms. The van der Waals surface area contributed by atoms with Crippen molar-refractivity contribution in [2.24, 2.45) is 7.05 Å². The van der Waals surface area contributed by atoms with Crippen molar-refractivity contribution in [1.29, 1.82) is 0 Å². The van der Waals surface area contributed by atoms with E-state index in [2.05, 4.69) is 34.7 Å². The van der Waals surface area contributed by atoms with Gasteiger partial charge in [-0.25, -0.2) is 4.98 Å². The van der Waals surface area contributed by atoms with Gasteiger partial charge in [0.15, 0.2) is 0 Å². The number of hydrogen-bond donors (Lipinski definition) is 0. The van der Waals surface area contributed by atoms with Crippen LogP contribution in [0.5, 0.6) is 0 Å². The molecule has 0 aliphatic heterocycles. The van der Waals surface area contributed by atoms with E-state index in [1.807, 2.05) is 27.8 Å². The van der Waals surface area contributed by atoms with Gasteiger partial charge in [0.1, 0.15) is 5.82 Å². The lowest BCUT2D eigenvalue weighted by atomic mass is 10.2. The lowest BCUT2D eigenvalue weighted by Crippen LogP contribution is -1.89. The zero-order chi connectivity index (χ0) is 10.7. The molecule has 2 aromatic rings. The summed E-state index contributed by atoms with van der Waals surface area (Å²) < 4.78 is 2.11. The van der Waals surface area contributed by atoms with E-state index in [0.717, 1.165) is 11.3 Å². The second-order valence-corrected chi connectivity index (χ2v) is 3.21. The number of aryl methyl sites for hydroxylation is 3. The van der Waals surface area contributed by atoms with Crippen LogP contribution in [0.3, 0.4) is 0 Å². The molecular weight excluding hydrogens is 172 g/mol. The van der Waals surface area contributed by atoms with Gasteiger partial charge in [-0.3, -0.25) is 0 Å². The summed E-state index contributed by atoms with van der Waals surface area (Å²) in [4.78, 5) is 4.44. The molecule has 0 amide bonds. The summed E-state index contributed by atoms with van der Waals surface area (Å²) in [7, 11) is 2.04. The third-order valence-electron chi connectivity index (χ3n) is 2.26. The standard InChI is InChI=1S/C10H12N2.C2H6/c1-7-4-5-10-9(6-7)11-8(2)12(10)3;1-2/h4-6H,1-3H3;1-2H3.